The summed E-state index contributed by atoms with van der Waals surface area (Å²) in [6, 6.07) is 12.3. The van der Waals surface area contributed by atoms with E-state index in [1.165, 1.54) is 22.2 Å². The van der Waals surface area contributed by atoms with E-state index in [0.29, 0.717) is 12.3 Å². The van der Waals surface area contributed by atoms with Crippen LogP contribution < -0.4 is 9.47 Å². The molecule has 2 aromatic carbocycles. The Bertz CT molecular complexity index is 1360. The molecule has 0 saturated carbocycles. The summed E-state index contributed by atoms with van der Waals surface area (Å²) in [5.41, 5.74) is 5.82. The van der Waals surface area contributed by atoms with Crippen LogP contribution in [0, 0.1) is 5.92 Å². The number of H-pyrrole nitrogens is 1. The molecule has 0 saturated heterocycles. The Kier molecular flexibility index (Phi) is 6.56. The van der Waals surface area contributed by atoms with Crippen LogP contribution in [0.2, 0.25) is 0 Å². The van der Waals surface area contributed by atoms with Crippen molar-refractivity contribution in [1.29, 1.82) is 0 Å². The molecular formula is C29H35N3O3. The van der Waals surface area contributed by atoms with Crippen LogP contribution in [0.5, 0.6) is 11.5 Å². The average Bonchev–Trinajstić information content (AvgIpc) is 3.40. The van der Waals surface area contributed by atoms with Gasteiger partial charge in [-0.2, -0.15) is 0 Å². The van der Waals surface area contributed by atoms with Gasteiger partial charge >= 0.3 is 0 Å². The van der Waals surface area contributed by atoms with Gasteiger partial charge in [-0.05, 0) is 54.7 Å². The average molecular weight is 474 g/mol. The third-order valence-electron chi connectivity index (χ3n) is 7.12. The number of methoxy groups -OCH3 is 2. The maximum absolute atomic E-state index is 12.9. The highest BCUT2D eigenvalue weighted by Gasteiger charge is 2.21. The molecule has 0 unspecified atom stereocenters. The molecule has 0 fully saturated rings. The number of hydrogen-bond donors (Lipinski definition) is 1. The molecule has 4 aromatic rings. The van der Waals surface area contributed by atoms with Crippen LogP contribution in [0.15, 0.2) is 42.6 Å². The number of Topliss-reactive ketones (excluding diaryl/α,β-unsaturated/α-hetero) is 1. The fourth-order valence-electron chi connectivity index (χ4n) is 5.34. The van der Waals surface area contributed by atoms with Crippen LogP contribution in [0.3, 0.4) is 0 Å². The van der Waals surface area contributed by atoms with Crippen molar-refractivity contribution in [3.8, 4) is 11.5 Å². The first-order chi connectivity index (χ1) is 17.0. The number of nitrogens with one attached hydrogen (secondary N) is 1. The summed E-state index contributed by atoms with van der Waals surface area (Å²) in [5.74, 6) is 2.28. The maximum Gasteiger partial charge on any atom is 0.165 e. The Labute approximate surface area is 206 Å². The van der Waals surface area contributed by atoms with E-state index in [2.05, 4.69) is 40.4 Å². The Morgan fingerprint density at radius 3 is 2.57 bits per heavy atom. The predicted octanol–water partition coefficient (Wildman–Crippen LogP) is 5.82. The Morgan fingerprint density at radius 1 is 1.03 bits per heavy atom. The highest BCUT2D eigenvalue weighted by atomic mass is 16.5. The zero-order valence-corrected chi connectivity index (χ0v) is 21.2. The number of aromatic nitrogens is 2. The van der Waals surface area contributed by atoms with Crippen LogP contribution in [-0.2, 0) is 19.5 Å². The van der Waals surface area contributed by atoms with Crippen molar-refractivity contribution in [3.05, 3.63) is 59.4 Å². The number of carbonyl (C=O) groups excluding carboxylic acids is 1. The van der Waals surface area contributed by atoms with Crippen LogP contribution >= 0.6 is 0 Å². The second-order valence-electron chi connectivity index (χ2n) is 10.0. The summed E-state index contributed by atoms with van der Waals surface area (Å²) in [6.45, 7) is 8.05. The minimum absolute atomic E-state index is 0.216. The number of hydrogen-bond acceptors (Lipinski definition) is 4. The standard InChI is InChI=1S/C29H35N3O3/c1-19(2)14-29(33)25-17-32(28-16-21(35-4)6-8-23(25)28)12-5-11-31-13-10-22-24-15-20(34-3)7-9-26(24)30-27(22)18-31/h6-9,15-17,19,30H,5,10-14,18H2,1-4H3. The first-order valence-electron chi connectivity index (χ1n) is 12.6. The fourth-order valence-corrected chi connectivity index (χ4v) is 5.34. The lowest BCUT2D eigenvalue weighted by molar-refractivity contribution is 0.0969. The van der Waals surface area contributed by atoms with Crippen molar-refractivity contribution < 1.29 is 14.3 Å². The molecule has 35 heavy (non-hydrogen) atoms. The quantitative estimate of drug-likeness (QED) is 0.311. The molecule has 1 N–H and O–H groups in total. The predicted molar refractivity (Wildman–Crippen MR) is 141 cm³/mol. The van der Waals surface area contributed by atoms with E-state index in [0.717, 1.165) is 67.0 Å². The molecule has 6 heteroatoms. The molecule has 0 atom stereocenters. The molecule has 0 amide bonds. The van der Waals surface area contributed by atoms with E-state index >= 15 is 0 Å². The normalized spacial score (nSPS) is 14.1. The molecule has 6 nitrogen and oxygen atoms in total. The van der Waals surface area contributed by atoms with Gasteiger partial charge in [-0.15, -0.1) is 0 Å². The Balaban J connectivity index is 1.30. The topological polar surface area (TPSA) is 59.5 Å². The van der Waals surface area contributed by atoms with Crippen LogP contribution in [-0.4, -0.2) is 47.5 Å². The zero-order valence-electron chi connectivity index (χ0n) is 21.2. The lowest BCUT2D eigenvalue weighted by Gasteiger charge is -2.27. The van der Waals surface area contributed by atoms with Gasteiger partial charge in [-0.1, -0.05) is 13.8 Å². The number of ketones is 1. The summed E-state index contributed by atoms with van der Waals surface area (Å²) in [4.78, 5) is 19.1. The number of nitrogens with zero attached hydrogens (tertiary/aromatic N) is 2. The van der Waals surface area contributed by atoms with E-state index in [1.54, 1.807) is 14.2 Å². The van der Waals surface area contributed by atoms with Crippen molar-refractivity contribution in [2.75, 3.05) is 27.3 Å². The fraction of sp³-hybridized carbons (Fsp3) is 0.414. The van der Waals surface area contributed by atoms with Gasteiger partial charge in [0.2, 0.25) is 0 Å². The third-order valence-corrected chi connectivity index (χ3v) is 7.12. The molecule has 0 radical (unpaired) electrons. The maximum atomic E-state index is 12.9. The van der Waals surface area contributed by atoms with Crippen LogP contribution in [0.4, 0.5) is 0 Å². The number of fused-ring (bicyclic) bond motifs is 4. The Morgan fingerprint density at radius 2 is 1.80 bits per heavy atom. The molecule has 0 spiro atoms. The summed E-state index contributed by atoms with van der Waals surface area (Å²) >= 11 is 0. The highest BCUT2D eigenvalue weighted by Crippen LogP contribution is 2.31. The number of aryl methyl sites for hydroxylation is 1. The van der Waals surface area contributed by atoms with Crippen LogP contribution in [0.25, 0.3) is 21.8 Å². The molecule has 1 aliphatic heterocycles. The van der Waals surface area contributed by atoms with Gasteiger partial charge in [-0.25, -0.2) is 0 Å². The number of aromatic amines is 1. The lowest BCUT2D eigenvalue weighted by Crippen LogP contribution is -2.31. The van der Waals surface area contributed by atoms with Crippen molar-refractivity contribution in [1.82, 2.24) is 14.5 Å². The largest absolute Gasteiger partial charge is 0.497 e. The SMILES string of the molecule is COc1ccc2[nH]c3c(c2c1)CCN(CCCn1cc(C(=O)CC(C)C)c2ccc(OC)cc21)C3. The monoisotopic (exact) mass is 473 g/mol. The third kappa shape index (κ3) is 4.67. The van der Waals surface area contributed by atoms with Gasteiger partial charge < -0.3 is 19.0 Å². The van der Waals surface area contributed by atoms with Gasteiger partial charge in [-0.3, -0.25) is 9.69 Å². The first-order valence-corrected chi connectivity index (χ1v) is 12.6. The number of ether oxygens (including phenoxy) is 2. The van der Waals surface area contributed by atoms with Gasteiger partial charge in [0, 0.05) is 72.4 Å². The van der Waals surface area contributed by atoms with E-state index in [9.17, 15) is 4.79 Å². The summed E-state index contributed by atoms with van der Waals surface area (Å²) in [7, 11) is 3.40. The van der Waals surface area contributed by atoms with Crippen LogP contribution in [0.1, 0.15) is 48.3 Å². The molecule has 0 aliphatic carbocycles. The number of rotatable bonds is 9. The smallest absolute Gasteiger partial charge is 0.165 e. The van der Waals surface area contributed by atoms with Crippen molar-refractivity contribution in [2.45, 2.75) is 46.2 Å². The lowest BCUT2D eigenvalue weighted by atomic mass is 10.0. The Hall–Kier alpha value is -3.25. The van der Waals surface area contributed by atoms with Crippen molar-refractivity contribution in [2.24, 2.45) is 5.92 Å². The van der Waals surface area contributed by atoms with E-state index in [1.807, 2.05) is 30.5 Å². The van der Waals surface area contributed by atoms with Gasteiger partial charge in [0.1, 0.15) is 11.5 Å². The van der Waals surface area contributed by atoms with E-state index < -0.39 is 0 Å². The van der Waals surface area contributed by atoms with Gasteiger partial charge in [0.05, 0.1) is 19.7 Å². The molecule has 3 heterocycles. The molecule has 5 rings (SSSR count). The molecule has 2 aromatic heterocycles. The van der Waals surface area contributed by atoms with Gasteiger partial charge in [0.15, 0.2) is 5.78 Å². The summed E-state index contributed by atoms with van der Waals surface area (Å²) in [6.07, 6.45) is 4.67. The van der Waals surface area contributed by atoms with E-state index in [4.69, 9.17) is 9.47 Å². The zero-order chi connectivity index (χ0) is 24.5. The number of carbonyl (C=O) groups is 1. The number of benzene rings is 2. The van der Waals surface area contributed by atoms with Crippen molar-refractivity contribution in [3.63, 3.8) is 0 Å². The minimum atomic E-state index is 0.216. The minimum Gasteiger partial charge on any atom is -0.497 e. The molecule has 1 aliphatic rings. The summed E-state index contributed by atoms with van der Waals surface area (Å²) < 4.78 is 13.1. The van der Waals surface area contributed by atoms with Crippen molar-refractivity contribution >= 4 is 27.6 Å². The second kappa shape index (κ2) is 9.78. The second-order valence-corrected chi connectivity index (χ2v) is 10.0. The molecule has 0 bridgehead atoms. The van der Waals surface area contributed by atoms with Gasteiger partial charge in [0.25, 0.3) is 0 Å². The first kappa shape index (κ1) is 23.5. The summed E-state index contributed by atoms with van der Waals surface area (Å²) in [5, 5.41) is 2.30. The van der Waals surface area contributed by atoms with E-state index in [-0.39, 0.29) is 5.78 Å². The molecule has 184 valence electrons. The highest BCUT2D eigenvalue weighted by molar-refractivity contribution is 6.08. The molecular weight excluding hydrogens is 438 g/mol.